The van der Waals surface area contributed by atoms with Crippen molar-refractivity contribution < 1.29 is 18.7 Å². The lowest BCUT2D eigenvalue weighted by molar-refractivity contribution is 0.0683. The van der Waals surface area contributed by atoms with Crippen LogP contribution in [0.2, 0.25) is 0 Å². The summed E-state index contributed by atoms with van der Waals surface area (Å²) >= 11 is 0. The summed E-state index contributed by atoms with van der Waals surface area (Å²) in [5.41, 5.74) is 8.64. The number of aromatic carboxylic acids is 1. The number of nitrogens with two attached hydrogens (primary N) is 1. The number of rotatable bonds is 6. The van der Waals surface area contributed by atoms with Gasteiger partial charge in [-0.1, -0.05) is 6.07 Å². The van der Waals surface area contributed by atoms with Gasteiger partial charge >= 0.3 is 5.97 Å². The SMILES string of the molecule is Cc1c(C(=O)O)n(CCN2CCN(c3ccc(F)cc3F)CC2)c2nc(N)n3nc(-c4ccccn4)nc3c12. The summed E-state index contributed by atoms with van der Waals surface area (Å²) < 4.78 is 30.6. The molecule has 0 spiro atoms. The molecule has 11 nitrogen and oxygen atoms in total. The second-order valence-corrected chi connectivity index (χ2v) is 9.41. The van der Waals surface area contributed by atoms with Crippen LogP contribution in [0.1, 0.15) is 16.1 Å². The molecule has 0 bridgehead atoms. The number of fused-ring (bicyclic) bond motifs is 3. The standard InChI is InChI=1S/C26H25F2N9O2/c1-15-20-23(32-26(29)37-24(20)31-22(33-37)18-4-2-3-7-30-18)36(21(15)25(38)39)13-10-34-8-11-35(12-9-34)19-6-5-16(27)14-17(19)28/h2-7,14H,8-13H2,1H3,(H2,29,32)(H,38,39). The third-order valence-electron chi connectivity index (χ3n) is 7.11. The van der Waals surface area contributed by atoms with Crippen molar-refractivity contribution in [2.24, 2.45) is 0 Å². The first kappa shape index (κ1) is 24.7. The van der Waals surface area contributed by atoms with Gasteiger partial charge in [0.15, 0.2) is 5.65 Å². The van der Waals surface area contributed by atoms with Crippen molar-refractivity contribution in [2.45, 2.75) is 13.5 Å². The molecule has 0 unspecified atom stereocenters. The van der Waals surface area contributed by atoms with Gasteiger partial charge in [-0.25, -0.2) is 18.6 Å². The summed E-state index contributed by atoms with van der Waals surface area (Å²) in [5.74, 6) is -1.83. The number of hydrogen-bond donors (Lipinski definition) is 2. The molecule has 6 rings (SSSR count). The molecule has 1 aromatic carbocycles. The molecule has 5 heterocycles. The first-order valence-corrected chi connectivity index (χ1v) is 12.4. The smallest absolute Gasteiger partial charge is 0.352 e. The number of carboxylic acids is 1. The molecule has 200 valence electrons. The van der Waals surface area contributed by atoms with Gasteiger partial charge in [0.2, 0.25) is 11.8 Å². The van der Waals surface area contributed by atoms with E-state index in [1.165, 1.54) is 16.6 Å². The zero-order chi connectivity index (χ0) is 27.3. The number of pyridine rings is 1. The van der Waals surface area contributed by atoms with E-state index >= 15 is 0 Å². The maximum absolute atomic E-state index is 14.2. The second-order valence-electron chi connectivity index (χ2n) is 9.41. The van der Waals surface area contributed by atoms with Crippen LogP contribution >= 0.6 is 0 Å². The van der Waals surface area contributed by atoms with E-state index in [9.17, 15) is 18.7 Å². The van der Waals surface area contributed by atoms with Crippen LogP contribution in [-0.4, -0.2) is 77.8 Å². The van der Waals surface area contributed by atoms with Gasteiger partial charge in [-0.3, -0.25) is 9.88 Å². The number of anilines is 2. The molecule has 0 aliphatic carbocycles. The normalized spacial score (nSPS) is 14.5. The minimum atomic E-state index is -1.08. The quantitative estimate of drug-likeness (QED) is 0.338. The molecule has 5 aromatic rings. The predicted octanol–water partition coefficient (Wildman–Crippen LogP) is 2.83. The van der Waals surface area contributed by atoms with E-state index in [4.69, 9.17) is 5.73 Å². The Labute approximate surface area is 221 Å². The summed E-state index contributed by atoms with van der Waals surface area (Å²) in [6, 6.07) is 8.99. The topological polar surface area (TPSA) is 131 Å². The third-order valence-corrected chi connectivity index (χ3v) is 7.11. The number of aromatic nitrogens is 6. The van der Waals surface area contributed by atoms with Gasteiger partial charge < -0.3 is 20.3 Å². The van der Waals surface area contributed by atoms with E-state index in [-0.39, 0.29) is 11.6 Å². The summed E-state index contributed by atoms with van der Waals surface area (Å²) in [6.45, 7) is 5.00. The van der Waals surface area contributed by atoms with Crippen molar-refractivity contribution in [3.05, 3.63) is 65.5 Å². The van der Waals surface area contributed by atoms with Crippen LogP contribution in [0.3, 0.4) is 0 Å². The van der Waals surface area contributed by atoms with E-state index < -0.39 is 17.6 Å². The molecule has 1 fully saturated rings. The Morgan fingerprint density at radius 3 is 2.54 bits per heavy atom. The van der Waals surface area contributed by atoms with Gasteiger partial charge in [-0.05, 0) is 36.8 Å². The largest absolute Gasteiger partial charge is 0.477 e. The van der Waals surface area contributed by atoms with Crippen LogP contribution in [0, 0.1) is 18.6 Å². The summed E-state index contributed by atoms with van der Waals surface area (Å²) in [4.78, 5) is 29.9. The van der Waals surface area contributed by atoms with Crippen molar-refractivity contribution in [3.63, 3.8) is 0 Å². The first-order chi connectivity index (χ1) is 18.8. The minimum Gasteiger partial charge on any atom is -0.477 e. The Morgan fingerprint density at radius 1 is 1.05 bits per heavy atom. The molecule has 4 aromatic heterocycles. The third kappa shape index (κ3) is 4.30. The maximum atomic E-state index is 14.2. The number of carboxylic acid groups (broad SMARTS) is 1. The van der Waals surface area contributed by atoms with E-state index in [2.05, 4.69) is 25.0 Å². The molecule has 13 heteroatoms. The van der Waals surface area contributed by atoms with Crippen LogP contribution in [-0.2, 0) is 6.54 Å². The first-order valence-electron chi connectivity index (χ1n) is 12.4. The highest BCUT2D eigenvalue weighted by atomic mass is 19.1. The van der Waals surface area contributed by atoms with Gasteiger partial charge in [0.25, 0.3) is 0 Å². The van der Waals surface area contributed by atoms with E-state index in [1.807, 2.05) is 11.0 Å². The minimum absolute atomic E-state index is 0.0813. The zero-order valence-corrected chi connectivity index (χ0v) is 21.1. The Kier molecular flexibility index (Phi) is 6.06. The second kappa shape index (κ2) is 9.58. The van der Waals surface area contributed by atoms with Crippen LogP contribution in [0.4, 0.5) is 20.4 Å². The molecule has 1 aliphatic rings. The Balaban J connectivity index is 1.29. The monoisotopic (exact) mass is 533 g/mol. The molecule has 39 heavy (non-hydrogen) atoms. The fraction of sp³-hybridized carbons (Fsp3) is 0.269. The molecule has 0 radical (unpaired) electrons. The number of halogens is 2. The number of nitrogens with zero attached hydrogens (tertiary/aromatic N) is 8. The van der Waals surface area contributed by atoms with Crippen molar-refractivity contribution in [1.82, 2.24) is 34.0 Å². The predicted molar refractivity (Wildman–Crippen MR) is 141 cm³/mol. The average Bonchev–Trinajstić information content (AvgIpc) is 3.48. The van der Waals surface area contributed by atoms with Crippen LogP contribution in [0.5, 0.6) is 0 Å². The molecular weight excluding hydrogens is 508 g/mol. The molecular formula is C26H25F2N9O2. The number of aryl methyl sites for hydroxylation is 1. The summed E-state index contributed by atoms with van der Waals surface area (Å²) in [7, 11) is 0. The van der Waals surface area contributed by atoms with Gasteiger partial charge in [0, 0.05) is 51.5 Å². The average molecular weight is 534 g/mol. The zero-order valence-electron chi connectivity index (χ0n) is 21.1. The van der Waals surface area contributed by atoms with E-state index in [0.29, 0.717) is 78.7 Å². The highest BCUT2D eigenvalue weighted by Crippen LogP contribution is 2.30. The van der Waals surface area contributed by atoms with Gasteiger partial charge in [-0.15, -0.1) is 5.10 Å². The Bertz CT molecular complexity index is 1710. The molecule has 3 N–H and O–H groups in total. The van der Waals surface area contributed by atoms with Crippen molar-refractivity contribution >= 4 is 34.3 Å². The van der Waals surface area contributed by atoms with Crippen molar-refractivity contribution in [2.75, 3.05) is 43.4 Å². The Hall–Kier alpha value is -4.65. The lowest BCUT2D eigenvalue weighted by Gasteiger charge is -2.36. The van der Waals surface area contributed by atoms with Crippen molar-refractivity contribution in [3.8, 4) is 11.5 Å². The van der Waals surface area contributed by atoms with Crippen LogP contribution in [0.25, 0.3) is 28.2 Å². The van der Waals surface area contributed by atoms with E-state index in [1.54, 1.807) is 29.8 Å². The number of hydrogen-bond acceptors (Lipinski definition) is 8. The number of piperazine rings is 1. The maximum Gasteiger partial charge on any atom is 0.352 e. The molecule has 1 aliphatic heterocycles. The van der Waals surface area contributed by atoms with Gasteiger partial charge in [0.05, 0.1) is 11.1 Å². The molecule has 0 saturated carbocycles. The summed E-state index contributed by atoms with van der Waals surface area (Å²) in [6.07, 6.45) is 1.64. The molecule has 0 amide bonds. The fourth-order valence-electron chi connectivity index (χ4n) is 5.19. The van der Waals surface area contributed by atoms with Crippen LogP contribution < -0.4 is 10.6 Å². The summed E-state index contributed by atoms with van der Waals surface area (Å²) in [5, 5.41) is 15.1. The lowest BCUT2D eigenvalue weighted by atomic mass is 10.2. The fourth-order valence-corrected chi connectivity index (χ4v) is 5.19. The molecule has 0 atom stereocenters. The molecule has 1 saturated heterocycles. The Morgan fingerprint density at radius 2 is 1.85 bits per heavy atom. The highest BCUT2D eigenvalue weighted by molar-refractivity contribution is 6.02. The van der Waals surface area contributed by atoms with Gasteiger partial charge in [0.1, 0.15) is 28.7 Å². The highest BCUT2D eigenvalue weighted by Gasteiger charge is 2.27. The van der Waals surface area contributed by atoms with E-state index in [0.717, 1.165) is 6.07 Å². The van der Waals surface area contributed by atoms with Crippen molar-refractivity contribution in [1.29, 1.82) is 0 Å². The number of carbonyl (C=O) groups is 1. The van der Waals surface area contributed by atoms with Crippen LogP contribution in [0.15, 0.2) is 42.6 Å². The van der Waals surface area contributed by atoms with Gasteiger partial charge in [-0.2, -0.15) is 9.50 Å². The number of nitrogen functional groups attached to an aromatic ring is 1. The lowest BCUT2D eigenvalue weighted by Crippen LogP contribution is -2.47. The number of benzene rings is 1.